The average molecular weight is 770 g/mol. The van der Waals surface area contributed by atoms with Crippen molar-refractivity contribution in [2.45, 2.75) is 110 Å². The second-order valence-corrected chi connectivity index (χ2v) is 12.9. The maximum Gasteiger partial charge on any atom is 0.303 e. The van der Waals surface area contributed by atoms with Crippen molar-refractivity contribution in [3.05, 3.63) is 34.6 Å². The van der Waals surface area contributed by atoms with E-state index in [4.69, 9.17) is 47.4 Å². The van der Waals surface area contributed by atoms with Gasteiger partial charge < -0.3 is 47.4 Å². The molecule has 0 N–H and O–H groups in total. The first-order valence-electron chi connectivity index (χ1n) is 16.2. The molecular formula is C33H39NO18S. The molecule has 0 aliphatic carbocycles. The summed E-state index contributed by atoms with van der Waals surface area (Å²) in [7, 11) is 0. The molecule has 0 amide bonds. The normalized spacial score (nSPS) is 28.2. The lowest BCUT2D eigenvalue weighted by Crippen LogP contribution is -2.66. The van der Waals surface area contributed by atoms with Crippen molar-refractivity contribution >= 4 is 63.4 Å². The van der Waals surface area contributed by atoms with Gasteiger partial charge in [-0.05, 0) is 12.1 Å². The minimum atomic E-state index is -1.83. The number of aromatic nitrogens is 1. The molecular weight excluding hydrogens is 730 g/mol. The Morgan fingerprint density at radius 3 is 1.55 bits per heavy atom. The predicted octanol–water partition coefficient (Wildman–Crippen LogP) is 0.855. The summed E-state index contributed by atoms with van der Waals surface area (Å²) < 4.78 is 58.5. The molecule has 2 aliphatic heterocycles. The molecule has 3 heterocycles. The number of hydrogen-bond acceptors (Lipinski definition) is 19. The van der Waals surface area contributed by atoms with Gasteiger partial charge in [-0.3, -0.25) is 38.4 Å². The Bertz CT molecular complexity index is 1770. The van der Waals surface area contributed by atoms with Crippen LogP contribution in [0.25, 0.3) is 10.1 Å². The van der Waals surface area contributed by atoms with Crippen molar-refractivity contribution in [2.24, 2.45) is 0 Å². The smallest absolute Gasteiger partial charge is 0.303 e. The molecule has 53 heavy (non-hydrogen) atoms. The van der Waals surface area contributed by atoms with Gasteiger partial charge in [-0.25, -0.2) is 3.96 Å². The Balaban J connectivity index is 1.88. The van der Waals surface area contributed by atoms with Crippen LogP contribution in [0.4, 0.5) is 0 Å². The van der Waals surface area contributed by atoms with Gasteiger partial charge >= 0.3 is 41.8 Å². The minimum Gasteiger partial charge on any atom is -0.463 e. The van der Waals surface area contributed by atoms with Gasteiger partial charge in [0.2, 0.25) is 0 Å². The van der Waals surface area contributed by atoms with Crippen LogP contribution in [0, 0.1) is 0 Å². The van der Waals surface area contributed by atoms with E-state index in [1.165, 1.54) is 3.96 Å². The van der Waals surface area contributed by atoms with Crippen LogP contribution in [0.2, 0.25) is 0 Å². The Morgan fingerprint density at radius 2 is 1.04 bits per heavy atom. The first kappa shape index (κ1) is 40.8. The molecule has 1 aromatic carbocycles. The lowest BCUT2D eigenvalue weighted by atomic mass is 9.95. The molecule has 0 saturated carbocycles. The lowest BCUT2D eigenvalue weighted by Gasteiger charge is -2.48. The number of hydrogen-bond donors (Lipinski definition) is 0. The molecule has 20 heteroatoms. The Hall–Kier alpha value is -4.92. The molecule has 0 radical (unpaired) electrons. The second kappa shape index (κ2) is 17.7. The number of rotatable bonds is 12. The van der Waals surface area contributed by atoms with Crippen LogP contribution >= 0.6 is 11.5 Å². The van der Waals surface area contributed by atoms with Crippen molar-refractivity contribution in [3.8, 4) is 0 Å². The van der Waals surface area contributed by atoms with E-state index < -0.39 is 122 Å². The summed E-state index contributed by atoms with van der Waals surface area (Å²) in [5.41, 5.74) is -0.542. The maximum atomic E-state index is 13.6. The van der Waals surface area contributed by atoms with E-state index in [-0.39, 0.29) is 0 Å². The quantitative estimate of drug-likeness (QED) is 0.215. The Kier molecular flexibility index (Phi) is 13.7. The SMILES string of the molecule is CC(=O)OCC1O[C@H](O[C@@H]2C(COC(C)=O)O[C@@H](n3sc4ccccc4c3=O)C(OC(C)=O)C2OC(C)=O)C(OC(C)=O)C(OC(C)=O)[C@@H]1OC(C)=O. The van der Waals surface area contributed by atoms with Crippen LogP contribution < -0.4 is 5.56 Å². The highest BCUT2D eigenvalue weighted by atomic mass is 32.1. The topological polar surface area (TPSA) is 234 Å². The largest absolute Gasteiger partial charge is 0.463 e. The van der Waals surface area contributed by atoms with Gasteiger partial charge in [0.05, 0.1) is 10.1 Å². The van der Waals surface area contributed by atoms with E-state index in [1.54, 1.807) is 24.3 Å². The standard InChI is InChI=1S/C33H39NO18S/c1-14(35)43-12-22-26(27(46-17(4)38)29(48-19(6)40)32(50-22)34-31(42)21-10-8-9-11-24(21)53-34)52-33-30(49-20(7)41)28(47-18(5)39)25(45-16(3)37)23(51-33)13-44-15(2)36/h8-11,22-23,25-30,32-33H,12-13H2,1-7H3/t22?,23?,25-,26-,27?,28?,29?,30?,32-,33-/m1/s1. The molecule has 0 spiro atoms. The van der Waals surface area contributed by atoms with Gasteiger partial charge in [0.1, 0.15) is 31.5 Å². The number of fused-ring (bicyclic) bond motifs is 1. The Morgan fingerprint density at radius 1 is 0.585 bits per heavy atom. The minimum absolute atomic E-state index is 0.305. The number of carbonyl (C=O) groups is 7. The van der Waals surface area contributed by atoms with Crippen LogP contribution in [0.3, 0.4) is 0 Å². The fourth-order valence-electron chi connectivity index (χ4n) is 5.83. The molecule has 290 valence electrons. The van der Waals surface area contributed by atoms with Crippen molar-refractivity contribution < 1.29 is 80.9 Å². The molecule has 10 atom stereocenters. The highest BCUT2D eigenvalue weighted by molar-refractivity contribution is 7.13. The highest BCUT2D eigenvalue weighted by Crippen LogP contribution is 2.39. The zero-order valence-electron chi connectivity index (χ0n) is 29.7. The van der Waals surface area contributed by atoms with Gasteiger partial charge in [0.25, 0.3) is 5.56 Å². The van der Waals surface area contributed by atoms with Gasteiger partial charge in [-0.1, -0.05) is 23.7 Å². The van der Waals surface area contributed by atoms with Crippen molar-refractivity contribution in [2.75, 3.05) is 13.2 Å². The molecule has 19 nitrogen and oxygen atoms in total. The van der Waals surface area contributed by atoms with Crippen molar-refractivity contribution in [1.29, 1.82) is 0 Å². The molecule has 1 aromatic heterocycles. The monoisotopic (exact) mass is 769 g/mol. The van der Waals surface area contributed by atoms with E-state index in [0.29, 0.717) is 10.1 Å². The van der Waals surface area contributed by atoms with Gasteiger partial charge in [0, 0.05) is 48.5 Å². The number of carbonyl (C=O) groups excluding carboxylic acids is 7. The van der Waals surface area contributed by atoms with E-state index >= 15 is 0 Å². The average Bonchev–Trinajstić information content (AvgIpc) is 3.38. The molecule has 2 saturated heterocycles. The summed E-state index contributed by atoms with van der Waals surface area (Å²) in [6.07, 6.45) is -16.0. The van der Waals surface area contributed by atoms with Crippen molar-refractivity contribution in [3.63, 3.8) is 0 Å². The number of benzene rings is 1. The fraction of sp³-hybridized carbons (Fsp3) is 0.576. The molecule has 0 bridgehead atoms. The zero-order valence-corrected chi connectivity index (χ0v) is 30.5. The van der Waals surface area contributed by atoms with E-state index in [2.05, 4.69) is 0 Å². The first-order valence-corrected chi connectivity index (χ1v) is 16.9. The Labute approximate surface area is 305 Å². The fourth-order valence-corrected chi connectivity index (χ4v) is 6.89. The van der Waals surface area contributed by atoms with Crippen molar-refractivity contribution in [1.82, 2.24) is 3.96 Å². The summed E-state index contributed by atoms with van der Waals surface area (Å²) in [6, 6.07) is 6.60. The summed E-state index contributed by atoms with van der Waals surface area (Å²) in [6.45, 7) is 6.24. The number of nitrogens with zero attached hydrogens (tertiary/aromatic N) is 1. The number of esters is 7. The zero-order chi connectivity index (χ0) is 39.1. The van der Waals surface area contributed by atoms with Crippen LogP contribution in [0.1, 0.15) is 54.7 Å². The third-order valence-corrected chi connectivity index (χ3v) is 8.77. The summed E-state index contributed by atoms with van der Waals surface area (Å²) in [5, 5.41) is 0.305. The predicted molar refractivity (Wildman–Crippen MR) is 175 cm³/mol. The van der Waals surface area contributed by atoms with E-state index in [9.17, 15) is 38.4 Å². The third-order valence-electron chi connectivity index (χ3n) is 7.65. The van der Waals surface area contributed by atoms with Crippen LogP contribution in [0.5, 0.6) is 0 Å². The van der Waals surface area contributed by atoms with Crippen LogP contribution in [-0.2, 0) is 80.9 Å². The van der Waals surface area contributed by atoms with Gasteiger partial charge in [0.15, 0.2) is 43.0 Å². The molecule has 4 rings (SSSR count). The van der Waals surface area contributed by atoms with Gasteiger partial charge in [-0.15, -0.1) is 0 Å². The number of ether oxygens (including phenoxy) is 10. The maximum absolute atomic E-state index is 13.6. The molecule has 6 unspecified atom stereocenters. The van der Waals surface area contributed by atoms with E-state index in [0.717, 1.165) is 60.0 Å². The van der Waals surface area contributed by atoms with Crippen LogP contribution in [0.15, 0.2) is 29.1 Å². The highest BCUT2D eigenvalue weighted by Gasteiger charge is 2.58. The summed E-state index contributed by atoms with van der Waals surface area (Å²) in [4.78, 5) is 99.7. The third kappa shape index (κ3) is 10.4. The molecule has 2 aliphatic rings. The second-order valence-electron chi connectivity index (χ2n) is 11.9. The molecule has 2 aromatic rings. The summed E-state index contributed by atoms with van der Waals surface area (Å²) in [5.74, 6) is -6.01. The van der Waals surface area contributed by atoms with Gasteiger partial charge in [-0.2, -0.15) is 0 Å². The van der Waals surface area contributed by atoms with Crippen LogP contribution in [-0.4, -0.2) is 114 Å². The molecule has 2 fully saturated rings. The van der Waals surface area contributed by atoms with E-state index in [1.807, 2.05) is 0 Å². The summed E-state index contributed by atoms with van der Waals surface area (Å²) >= 11 is 0.957. The lowest BCUT2D eigenvalue weighted by molar-refractivity contribution is -0.349. The first-order chi connectivity index (χ1) is 25.0.